The van der Waals surface area contributed by atoms with Gasteiger partial charge >= 0.3 is 5.97 Å². The molecule has 1 N–H and O–H groups in total. The summed E-state index contributed by atoms with van der Waals surface area (Å²) in [5.74, 6) is -0.487. The molecule has 10 heteroatoms. The monoisotopic (exact) mass is 457 g/mol. The zero-order valence-corrected chi connectivity index (χ0v) is 18.4. The van der Waals surface area contributed by atoms with E-state index in [1.165, 1.54) is 25.1 Å². The lowest BCUT2D eigenvalue weighted by Gasteiger charge is -2.16. The lowest BCUT2D eigenvalue weighted by atomic mass is 10.1. The van der Waals surface area contributed by atoms with Gasteiger partial charge in [0, 0.05) is 29.9 Å². The summed E-state index contributed by atoms with van der Waals surface area (Å²) in [6, 6.07) is 11.6. The van der Waals surface area contributed by atoms with Crippen LogP contribution in [-0.4, -0.2) is 35.7 Å². The second-order valence-corrected chi connectivity index (χ2v) is 9.20. The third-order valence-electron chi connectivity index (χ3n) is 5.29. The van der Waals surface area contributed by atoms with Crippen LogP contribution in [0.5, 0.6) is 0 Å². The lowest BCUT2D eigenvalue weighted by Crippen LogP contribution is -2.15. The van der Waals surface area contributed by atoms with Gasteiger partial charge in [-0.3, -0.25) is 4.79 Å². The first-order valence-electron chi connectivity index (χ1n) is 9.63. The van der Waals surface area contributed by atoms with Crippen LogP contribution in [-0.2, 0) is 21.2 Å². The lowest BCUT2D eigenvalue weighted by molar-refractivity contribution is -0.136. The fourth-order valence-corrected chi connectivity index (χ4v) is 5.28. The molecule has 0 aliphatic carbocycles. The minimum Gasteiger partial charge on any atom is -0.481 e. The normalized spacial score (nSPS) is 11.8. The molecule has 0 saturated carbocycles. The zero-order chi connectivity index (χ0) is 23.2. The molecule has 32 heavy (non-hydrogen) atoms. The summed E-state index contributed by atoms with van der Waals surface area (Å²) in [7, 11) is -2.30. The van der Waals surface area contributed by atoms with Gasteiger partial charge in [-0.25, -0.2) is 16.8 Å². The Morgan fingerprint density at radius 3 is 2.44 bits per heavy atom. The average Bonchev–Trinajstić information content (AvgIpc) is 3.29. The molecule has 8 nitrogen and oxygen atoms in total. The molecule has 0 spiro atoms. The van der Waals surface area contributed by atoms with E-state index < -0.39 is 28.2 Å². The summed E-state index contributed by atoms with van der Waals surface area (Å²) in [6.45, 7) is 3.29. The van der Waals surface area contributed by atoms with Gasteiger partial charge in [0.15, 0.2) is 5.82 Å². The van der Waals surface area contributed by atoms with Gasteiger partial charge in [0.1, 0.15) is 11.6 Å². The van der Waals surface area contributed by atoms with Crippen molar-refractivity contribution in [3.05, 3.63) is 71.4 Å². The topological polar surface area (TPSA) is 106 Å². The van der Waals surface area contributed by atoms with Crippen molar-refractivity contribution in [3.8, 4) is 0 Å². The molecule has 0 atom stereocenters. The Bertz CT molecular complexity index is 1440. The SMILES string of the molecule is Cc1cc(N(C)c2ccc(S(=O)(=O)n3c(C)c(CC(=O)O)c4cc(F)ccc43)cc2)no1. The van der Waals surface area contributed by atoms with E-state index in [0.29, 0.717) is 17.3 Å². The minimum atomic E-state index is -4.08. The van der Waals surface area contributed by atoms with Crippen molar-refractivity contribution in [2.24, 2.45) is 0 Å². The van der Waals surface area contributed by atoms with Gasteiger partial charge in [0.25, 0.3) is 10.0 Å². The van der Waals surface area contributed by atoms with E-state index in [1.54, 1.807) is 37.1 Å². The summed E-state index contributed by atoms with van der Waals surface area (Å²) < 4.78 is 47.0. The van der Waals surface area contributed by atoms with Crippen molar-refractivity contribution in [1.82, 2.24) is 9.13 Å². The number of carboxylic acids is 1. The predicted molar refractivity (Wildman–Crippen MR) is 116 cm³/mol. The van der Waals surface area contributed by atoms with E-state index in [-0.39, 0.29) is 27.1 Å². The Hall–Kier alpha value is -3.66. The maximum atomic E-state index is 13.9. The van der Waals surface area contributed by atoms with Crippen LogP contribution >= 0.6 is 0 Å². The van der Waals surface area contributed by atoms with Crippen LogP contribution in [0.4, 0.5) is 15.9 Å². The first-order chi connectivity index (χ1) is 15.1. The highest BCUT2D eigenvalue weighted by Crippen LogP contribution is 2.32. The minimum absolute atomic E-state index is 0.0113. The summed E-state index contributed by atoms with van der Waals surface area (Å²) in [4.78, 5) is 13.1. The number of benzene rings is 2. The summed E-state index contributed by atoms with van der Waals surface area (Å²) in [5, 5.41) is 13.5. The number of carbonyl (C=O) groups is 1. The Morgan fingerprint density at radius 2 is 1.84 bits per heavy atom. The van der Waals surface area contributed by atoms with Crippen molar-refractivity contribution in [2.45, 2.75) is 25.2 Å². The number of aliphatic carboxylic acids is 1. The van der Waals surface area contributed by atoms with Crippen LogP contribution in [0.3, 0.4) is 0 Å². The van der Waals surface area contributed by atoms with E-state index in [1.807, 2.05) is 0 Å². The average molecular weight is 457 g/mol. The number of carboxylic acid groups (broad SMARTS) is 1. The molecule has 0 fully saturated rings. The number of anilines is 2. The number of fused-ring (bicyclic) bond motifs is 1. The van der Waals surface area contributed by atoms with Gasteiger partial charge in [-0.05, 0) is 61.9 Å². The fraction of sp³-hybridized carbons (Fsp3) is 0.182. The third kappa shape index (κ3) is 3.62. The van der Waals surface area contributed by atoms with Crippen LogP contribution in [0.2, 0.25) is 0 Å². The number of halogens is 1. The van der Waals surface area contributed by atoms with Crippen molar-refractivity contribution < 1.29 is 27.2 Å². The number of rotatable bonds is 6. The molecule has 4 rings (SSSR count). The van der Waals surface area contributed by atoms with Crippen LogP contribution < -0.4 is 4.90 Å². The third-order valence-corrected chi connectivity index (χ3v) is 7.11. The molecule has 4 aromatic rings. The number of aromatic nitrogens is 2. The molecule has 166 valence electrons. The number of hydrogen-bond acceptors (Lipinski definition) is 6. The smallest absolute Gasteiger partial charge is 0.307 e. The molecule has 2 aromatic heterocycles. The van der Waals surface area contributed by atoms with Crippen LogP contribution in [0, 0.1) is 19.7 Å². The van der Waals surface area contributed by atoms with Gasteiger partial charge in [-0.15, -0.1) is 0 Å². The summed E-state index contributed by atoms with van der Waals surface area (Å²) in [5.41, 5.74) is 1.40. The maximum absolute atomic E-state index is 13.9. The van der Waals surface area contributed by atoms with Crippen molar-refractivity contribution in [3.63, 3.8) is 0 Å². The summed E-state index contributed by atoms with van der Waals surface area (Å²) >= 11 is 0. The first-order valence-corrected chi connectivity index (χ1v) is 11.1. The largest absolute Gasteiger partial charge is 0.481 e. The molecule has 0 amide bonds. The van der Waals surface area contributed by atoms with E-state index in [9.17, 15) is 22.7 Å². The van der Waals surface area contributed by atoms with Crippen molar-refractivity contribution in [1.29, 1.82) is 0 Å². The molecular weight excluding hydrogens is 437 g/mol. The van der Waals surface area contributed by atoms with Crippen molar-refractivity contribution in [2.75, 3.05) is 11.9 Å². The Morgan fingerprint density at radius 1 is 1.16 bits per heavy atom. The van der Waals surface area contributed by atoms with E-state index in [4.69, 9.17) is 4.52 Å². The molecule has 0 unspecified atom stereocenters. The molecule has 2 heterocycles. The molecule has 0 aliphatic rings. The second kappa shape index (κ2) is 7.79. The van der Waals surface area contributed by atoms with Gasteiger partial charge < -0.3 is 14.5 Å². The molecule has 0 saturated heterocycles. The molecule has 0 radical (unpaired) electrons. The zero-order valence-electron chi connectivity index (χ0n) is 17.5. The first kappa shape index (κ1) is 21.6. The number of nitrogens with zero attached hydrogens (tertiary/aromatic N) is 3. The predicted octanol–water partition coefficient (Wildman–Crippen LogP) is 4.02. The number of hydrogen-bond donors (Lipinski definition) is 1. The van der Waals surface area contributed by atoms with E-state index >= 15 is 0 Å². The highest BCUT2D eigenvalue weighted by molar-refractivity contribution is 7.90. The van der Waals surface area contributed by atoms with E-state index in [2.05, 4.69) is 5.16 Å². The van der Waals surface area contributed by atoms with Crippen LogP contribution in [0.15, 0.2) is 57.9 Å². The highest BCUT2D eigenvalue weighted by Gasteiger charge is 2.26. The number of aryl methyl sites for hydroxylation is 1. The standard InChI is InChI=1S/C22H20FN3O5S/c1-13-10-21(24-31-13)25(3)16-5-7-17(8-6-16)32(29,30)26-14(2)18(12-22(27)28)19-11-15(23)4-9-20(19)26/h4-11H,12H2,1-3H3,(H,27,28). The van der Waals surface area contributed by atoms with Gasteiger partial charge in [0.2, 0.25) is 0 Å². The quantitative estimate of drug-likeness (QED) is 0.466. The Kier molecular flexibility index (Phi) is 5.25. The van der Waals surface area contributed by atoms with Gasteiger partial charge in [-0.1, -0.05) is 5.16 Å². The Balaban J connectivity index is 1.80. The summed E-state index contributed by atoms with van der Waals surface area (Å²) in [6.07, 6.45) is -0.421. The van der Waals surface area contributed by atoms with Gasteiger partial charge in [0.05, 0.1) is 16.8 Å². The molecular formula is C22H20FN3O5S. The maximum Gasteiger partial charge on any atom is 0.307 e. The fourth-order valence-electron chi connectivity index (χ4n) is 3.70. The highest BCUT2D eigenvalue weighted by atomic mass is 32.2. The molecule has 2 aromatic carbocycles. The molecule has 0 aliphatic heterocycles. The van der Waals surface area contributed by atoms with Crippen LogP contribution in [0.25, 0.3) is 10.9 Å². The van der Waals surface area contributed by atoms with Crippen molar-refractivity contribution >= 4 is 38.4 Å². The Labute approximate surface area is 183 Å². The molecule has 0 bridgehead atoms. The second-order valence-electron chi connectivity index (χ2n) is 7.41. The van der Waals surface area contributed by atoms with Gasteiger partial charge in [-0.2, -0.15) is 0 Å². The van der Waals surface area contributed by atoms with Crippen LogP contribution in [0.1, 0.15) is 17.0 Å². The van der Waals surface area contributed by atoms with E-state index in [0.717, 1.165) is 16.1 Å².